The third-order valence-corrected chi connectivity index (χ3v) is 3.84. The molecule has 2 N–H and O–H groups in total. The fourth-order valence-electron chi connectivity index (χ4n) is 1.89. The number of rotatable bonds is 5. The summed E-state index contributed by atoms with van der Waals surface area (Å²) in [5.74, 6) is -0.0140. The van der Waals surface area contributed by atoms with E-state index in [0.29, 0.717) is 16.5 Å². The Morgan fingerprint density at radius 3 is 2.71 bits per heavy atom. The summed E-state index contributed by atoms with van der Waals surface area (Å²) >= 11 is 1.29. The molecule has 7 heteroatoms. The van der Waals surface area contributed by atoms with Gasteiger partial charge >= 0.3 is 0 Å². The van der Waals surface area contributed by atoms with Gasteiger partial charge in [-0.1, -0.05) is 12.1 Å². The number of furan rings is 1. The molecule has 3 heterocycles. The molecule has 0 aromatic carbocycles. The summed E-state index contributed by atoms with van der Waals surface area (Å²) in [4.78, 5) is 29.2. The second-order valence-corrected chi connectivity index (χ2v) is 5.62. The number of nitrogens with zero attached hydrogens (tertiary/aromatic N) is 1. The minimum absolute atomic E-state index is 0.0639. The Hall–Kier alpha value is -3.19. The van der Waals surface area contributed by atoms with Crippen LogP contribution in [0.3, 0.4) is 0 Å². The van der Waals surface area contributed by atoms with E-state index >= 15 is 0 Å². The van der Waals surface area contributed by atoms with Crippen molar-refractivity contribution in [1.82, 2.24) is 10.3 Å². The van der Waals surface area contributed by atoms with E-state index in [0.717, 1.165) is 0 Å². The summed E-state index contributed by atoms with van der Waals surface area (Å²) in [5, 5.41) is 7.03. The molecule has 3 aromatic rings. The number of aromatic nitrogens is 1. The Bertz CT molecular complexity index is 841. The molecule has 0 unspecified atom stereocenters. The third kappa shape index (κ3) is 3.96. The van der Waals surface area contributed by atoms with Crippen molar-refractivity contribution in [1.29, 1.82) is 0 Å². The van der Waals surface area contributed by atoms with E-state index in [9.17, 15) is 9.59 Å². The first kappa shape index (κ1) is 15.7. The van der Waals surface area contributed by atoms with Crippen molar-refractivity contribution >= 4 is 35.0 Å². The summed E-state index contributed by atoms with van der Waals surface area (Å²) in [6.07, 6.45) is 4.51. The van der Waals surface area contributed by atoms with Crippen molar-refractivity contribution in [2.45, 2.75) is 0 Å². The molecule has 0 spiro atoms. The minimum atomic E-state index is -0.491. The zero-order valence-electron chi connectivity index (χ0n) is 12.4. The summed E-state index contributed by atoms with van der Waals surface area (Å²) in [5.41, 5.74) is 0.0639. The number of carbonyl (C=O) groups is 2. The van der Waals surface area contributed by atoms with Gasteiger partial charge in [-0.2, -0.15) is 0 Å². The lowest BCUT2D eigenvalue weighted by Crippen LogP contribution is -2.30. The van der Waals surface area contributed by atoms with Gasteiger partial charge in [0.2, 0.25) is 0 Å². The van der Waals surface area contributed by atoms with Gasteiger partial charge in [0.25, 0.3) is 11.8 Å². The minimum Gasteiger partial charge on any atom is -0.465 e. The molecule has 0 aliphatic heterocycles. The third-order valence-electron chi connectivity index (χ3n) is 2.97. The highest BCUT2D eigenvalue weighted by atomic mass is 32.1. The largest absolute Gasteiger partial charge is 0.465 e. The summed E-state index contributed by atoms with van der Waals surface area (Å²) < 4.78 is 5.22. The Kier molecular flexibility index (Phi) is 4.83. The van der Waals surface area contributed by atoms with Gasteiger partial charge in [0.05, 0.1) is 11.1 Å². The molecular weight excluding hydrogens is 326 g/mol. The zero-order valence-corrected chi connectivity index (χ0v) is 13.2. The van der Waals surface area contributed by atoms with Crippen LogP contribution in [0.25, 0.3) is 6.08 Å². The Morgan fingerprint density at radius 1 is 1.12 bits per heavy atom. The van der Waals surface area contributed by atoms with Crippen LogP contribution in [0.15, 0.2) is 70.4 Å². The fraction of sp³-hybridized carbons (Fsp3) is 0. The quantitative estimate of drug-likeness (QED) is 0.699. The average Bonchev–Trinajstić information content (AvgIpc) is 3.29. The molecule has 0 radical (unpaired) electrons. The first-order valence-electron chi connectivity index (χ1n) is 7.05. The van der Waals surface area contributed by atoms with Gasteiger partial charge in [-0.25, -0.2) is 4.98 Å². The van der Waals surface area contributed by atoms with E-state index in [-0.39, 0.29) is 11.6 Å². The normalized spacial score (nSPS) is 11.1. The van der Waals surface area contributed by atoms with Crippen LogP contribution in [0.4, 0.5) is 5.82 Å². The zero-order chi connectivity index (χ0) is 16.8. The van der Waals surface area contributed by atoms with Gasteiger partial charge in [-0.15, -0.1) is 11.3 Å². The molecule has 2 amide bonds. The van der Waals surface area contributed by atoms with E-state index in [1.807, 2.05) is 0 Å². The maximum Gasteiger partial charge on any atom is 0.273 e. The van der Waals surface area contributed by atoms with Gasteiger partial charge in [0.15, 0.2) is 0 Å². The first-order chi connectivity index (χ1) is 11.7. The molecule has 0 saturated heterocycles. The molecule has 0 saturated carbocycles. The van der Waals surface area contributed by atoms with Crippen molar-refractivity contribution in [2.75, 3.05) is 5.32 Å². The maximum atomic E-state index is 12.5. The second kappa shape index (κ2) is 7.38. The maximum absolute atomic E-state index is 12.5. The van der Waals surface area contributed by atoms with Crippen LogP contribution in [0.2, 0.25) is 0 Å². The Labute approximate surface area is 141 Å². The lowest BCUT2D eigenvalue weighted by molar-refractivity contribution is -0.113. The van der Waals surface area contributed by atoms with E-state index in [2.05, 4.69) is 15.6 Å². The number of anilines is 1. The topological polar surface area (TPSA) is 84.2 Å². The number of hydrogen-bond acceptors (Lipinski definition) is 5. The fourth-order valence-corrected chi connectivity index (χ4v) is 2.51. The first-order valence-corrected chi connectivity index (χ1v) is 7.93. The number of amides is 2. The van der Waals surface area contributed by atoms with Crippen LogP contribution in [-0.2, 0) is 4.79 Å². The van der Waals surface area contributed by atoms with E-state index in [1.165, 1.54) is 23.7 Å². The van der Waals surface area contributed by atoms with Crippen molar-refractivity contribution in [2.24, 2.45) is 0 Å². The van der Waals surface area contributed by atoms with E-state index in [4.69, 9.17) is 4.42 Å². The molecule has 0 aliphatic carbocycles. The molecule has 0 aliphatic rings. The molecule has 0 fully saturated rings. The Balaban J connectivity index is 1.82. The standard InChI is InChI=1S/C17H13N3O3S/c21-16(20-15-7-1-2-8-18-15)13(11-12-5-3-9-23-12)19-17(22)14-6-4-10-24-14/h1-11H,(H,19,22)(H,18,20,21). The summed E-state index contributed by atoms with van der Waals surface area (Å²) in [6, 6.07) is 12.0. The van der Waals surface area contributed by atoms with Crippen LogP contribution in [0.1, 0.15) is 15.4 Å². The number of hydrogen-bond donors (Lipinski definition) is 2. The van der Waals surface area contributed by atoms with Gasteiger partial charge in [-0.3, -0.25) is 9.59 Å². The average molecular weight is 339 g/mol. The smallest absolute Gasteiger partial charge is 0.273 e. The molecule has 120 valence electrons. The van der Waals surface area contributed by atoms with E-state index < -0.39 is 5.91 Å². The SMILES string of the molecule is O=C(Nc1ccccn1)C(=Cc1ccco1)NC(=O)c1cccs1. The van der Waals surface area contributed by atoms with Crippen LogP contribution in [0.5, 0.6) is 0 Å². The number of carbonyl (C=O) groups excluding carboxylic acids is 2. The van der Waals surface area contributed by atoms with Gasteiger partial charge in [0.1, 0.15) is 17.3 Å². The Morgan fingerprint density at radius 2 is 2.04 bits per heavy atom. The number of thiophene rings is 1. The highest BCUT2D eigenvalue weighted by Gasteiger charge is 2.16. The summed E-state index contributed by atoms with van der Waals surface area (Å²) in [6.45, 7) is 0. The molecule has 3 rings (SSSR count). The van der Waals surface area contributed by atoms with Crippen LogP contribution in [-0.4, -0.2) is 16.8 Å². The molecule has 3 aromatic heterocycles. The second-order valence-electron chi connectivity index (χ2n) is 4.67. The molecule has 6 nitrogen and oxygen atoms in total. The van der Waals surface area contributed by atoms with Crippen molar-refractivity contribution in [3.05, 3.63) is 76.6 Å². The van der Waals surface area contributed by atoms with Gasteiger partial charge in [0, 0.05) is 12.3 Å². The van der Waals surface area contributed by atoms with Crippen molar-refractivity contribution < 1.29 is 14.0 Å². The molecule has 0 bridgehead atoms. The predicted octanol–water partition coefficient (Wildman–Crippen LogP) is 3.15. The highest BCUT2D eigenvalue weighted by Crippen LogP contribution is 2.12. The van der Waals surface area contributed by atoms with Gasteiger partial charge < -0.3 is 15.1 Å². The molecular formula is C17H13N3O3S. The van der Waals surface area contributed by atoms with Gasteiger partial charge in [-0.05, 0) is 35.7 Å². The number of nitrogens with one attached hydrogen (secondary N) is 2. The van der Waals surface area contributed by atoms with Crippen molar-refractivity contribution in [3.63, 3.8) is 0 Å². The molecule has 0 atom stereocenters. The lowest BCUT2D eigenvalue weighted by atomic mass is 10.3. The highest BCUT2D eigenvalue weighted by molar-refractivity contribution is 7.12. The van der Waals surface area contributed by atoms with E-state index in [1.54, 1.807) is 54.0 Å². The summed E-state index contributed by atoms with van der Waals surface area (Å²) in [7, 11) is 0. The lowest BCUT2D eigenvalue weighted by Gasteiger charge is -2.09. The van der Waals surface area contributed by atoms with Crippen LogP contribution in [0, 0.1) is 0 Å². The monoisotopic (exact) mass is 339 g/mol. The molecule has 24 heavy (non-hydrogen) atoms. The van der Waals surface area contributed by atoms with Crippen LogP contribution >= 0.6 is 11.3 Å². The number of pyridine rings is 1. The van der Waals surface area contributed by atoms with Crippen LogP contribution < -0.4 is 10.6 Å². The predicted molar refractivity (Wildman–Crippen MR) is 91.3 cm³/mol. The van der Waals surface area contributed by atoms with Crippen molar-refractivity contribution in [3.8, 4) is 0 Å².